The molecule has 24 heavy (non-hydrogen) atoms. The summed E-state index contributed by atoms with van der Waals surface area (Å²) in [6.45, 7) is 3.44. The van der Waals surface area contributed by atoms with Crippen molar-refractivity contribution in [2.75, 3.05) is 13.0 Å². The highest BCUT2D eigenvalue weighted by molar-refractivity contribution is 7.98. The van der Waals surface area contributed by atoms with E-state index in [4.69, 9.17) is 9.47 Å². The minimum atomic E-state index is 0.336. The van der Waals surface area contributed by atoms with E-state index in [1.165, 1.54) is 24.8 Å². The topological polar surface area (TPSA) is 49.2 Å². The molecule has 1 aliphatic heterocycles. The SMILES string of the molecule is CCn1c(SC)nnc1C1CCCC(c2ccc3c(c2)OCO3)C1. The van der Waals surface area contributed by atoms with Gasteiger partial charge in [-0.25, -0.2) is 0 Å². The van der Waals surface area contributed by atoms with Gasteiger partial charge in [-0.15, -0.1) is 10.2 Å². The highest BCUT2D eigenvalue weighted by atomic mass is 32.2. The van der Waals surface area contributed by atoms with Crippen LogP contribution in [0.2, 0.25) is 0 Å². The Morgan fingerprint density at radius 1 is 1.17 bits per heavy atom. The van der Waals surface area contributed by atoms with Gasteiger partial charge in [-0.05, 0) is 56.1 Å². The fraction of sp³-hybridized carbons (Fsp3) is 0.556. The number of hydrogen-bond donors (Lipinski definition) is 0. The Kier molecular flexibility index (Phi) is 4.39. The quantitative estimate of drug-likeness (QED) is 0.778. The van der Waals surface area contributed by atoms with Gasteiger partial charge >= 0.3 is 0 Å². The van der Waals surface area contributed by atoms with Crippen molar-refractivity contribution in [1.82, 2.24) is 14.8 Å². The Hall–Kier alpha value is -1.69. The monoisotopic (exact) mass is 345 g/mol. The Morgan fingerprint density at radius 2 is 2.00 bits per heavy atom. The number of rotatable bonds is 4. The van der Waals surface area contributed by atoms with Crippen LogP contribution in [-0.4, -0.2) is 27.8 Å². The first-order valence-corrected chi connectivity index (χ1v) is 9.89. The highest BCUT2D eigenvalue weighted by Gasteiger charge is 2.29. The Bertz CT molecular complexity index is 731. The Balaban J connectivity index is 1.57. The lowest BCUT2D eigenvalue weighted by Gasteiger charge is -2.29. The third-order valence-electron chi connectivity index (χ3n) is 5.15. The van der Waals surface area contributed by atoms with E-state index >= 15 is 0 Å². The van der Waals surface area contributed by atoms with Crippen LogP contribution in [0.15, 0.2) is 23.4 Å². The largest absolute Gasteiger partial charge is 0.454 e. The van der Waals surface area contributed by atoms with Crippen LogP contribution in [0.3, 0.4) is 0 Å². The van der Waals surface area contributed by atoms with Gasteiger partial charge in [0.2, 0.25) is 6.79 Å². The van der Waals surface area contributed by atoms with Crippen LogP contribution >= 0.6 is 11.8 Å². The van der Waals surface area contributed by atoms with Crippen molar-refractivity contribution < 1.29 is 9.47 Å². The maximum absolute atomic E-state index is 5.54. The molecule has 0 radical (unpaired) electrons. The van der Waals surface area contributed by atoms with Crippen molar-refractivity contribution in [3.05, 3.63) is 29.6 Å². The molecule has 128 valence electrons. The average Bonchev–Trinajstić information content (AvgIpc) is 3.27. The van der Waals surface area contributed by atoms with Crippen molar-refractivity contribution in [3.8, 4) is 11.5 Å². The lowest BCUT2D eigenvalue weighted by atomic mass is 9.77. The third kappa shape index (κ3) is 2.77. The minimum Gasteiger partial charge on any atom is -0.454 e. The predicted octanol–water partition coefficient (Wildman–Crippen LogP) is 4.19. The summed E-state index contributed by atoms with van der Waals surface area (Å²) in [4.78, 5) is 0. The summed E-state index contributed by atoms with van der Waals surface area (Å²) in [7, 11) is 0. The number of ether oxygens (including phenoxy) is 2. The van der Waals surface area contributed by atoms with Gasteiger partial charge in [-0.1, -0.05) is 24.2 Å². The molecule has 5 nitrogen and oxygen atoms in total. The normalized spacial score (nSPS) is 22.8. The molecule has 4 rings (SSSR count). The number of fused-ring (bicyclic) bond motifs is 1. The maximum Gasteiger partial charge on any atom is 0.231 e. The molecule has 1 fully saturated rings. The molecule has 1 saturated carbocycles. The fourth-order valence-corrected chi connectivity index (χ4v) is 4.51. The van der Waals surface area contributed by atoms with Crippen LogP contribution in [0.1, 0.15) is 55.8 Å². The smallest absolute Gasteiger partial charge is 0.231 e. The molecular formula is C18H23N3O2S. The van der Waals surface area contributed by atoms with E-state index in [9.17, 15) is 0 Å². The van der Waals surface area contributed by atoms with Crippen LogP contribution in [-0.2, 0) is 6.54 Å². The zero-order chi connectivity index (χ0) is 16.5. The van der Waals surface area contributed by atoms with Gasteiger partial charge in [0, 0.05) is 12.5 Å². The lowest BCUT2D eigenvalue weighted by Crippen LogP contribution is -2.17. The standard InChI is InChI=1S/C18H23N3O2S/c1-3-21-17(19-20-18(21)24-2)14-6-4-5-12(9-14)13-7-8-15-16(10-13)23-11-22-15/h7-8,10,12,14H,3-6,9,11H2,1-2H3. The summed E-state index contributed by atoms with van der Waals surface area (Å²) in [5.74, 6) is 3.95. The van der Waals surface area contributed by atoms with E-state index in [0.717, 1.165) is 35.4 Å². The van der Waals surface area contributed by atoms with Crippen LogP contribution in [0.4, 0.5) is 0 Å². The predicted molar refractivity (Wildman–Crippen MR) is 94.0 cm³/mol. The van der Waals surface area contributed by atoms with Gasteiger partial charge in [0.1, 0.15) is 5.82 Å². The molecule has 1 aromatic heterocycles. The molecule has 0 bridgehead atoms. The van der Waals surface area contributed by atoms with Gasteiger partial charge in [0.05, 0.1) is 0 Å². The minimum absolute atomic E-state index is 0.336. The average molecular weight is 345 g/mol. The summed E-state index contributed by atoms with van der Waals surface area (Å²) in [6, 6.07) is 6.40. The number of aromatic nitrogens is 3. The summed E-state index contributed by atoms with van der Waals surface area (Å²) < 4.78 is 13.2. The van der Waals surface area contributed by atoms with E-state index in [2.05, 4.69) is 40.1 Å². The molecule has 0 amide bonds. The molecule has 0 spiro atoms. The van der Waals surface area contributed by atoms with Crippen LogP contribution < -0.4 is 9.47 Å². The molecule has 0 saturated heterocycles. The maximum atomic E-state index is 5.54. The lowest BCUT2D eigenvalue weighted by molar-refractivity contribution is 0.174. The highest BCUT2D eigenvalue weighted by Crippen LogP contribution is 2.43. The fourth-order valence-electron chi connectivity index (χ4n) is 3.94. The van der Waals surface area contributed by atoms with E-state index in [1.54, 1.807) is 11.8 Å². The summed E-state index contributed by atoms with van der Waals surface area (Å²) >= 11 is 1.67. The molecule has 2 heterocycles. The summed E-state index contributed by atoms with van der Waals surface area (Å²) in [5, 5.41) is 9.91. The number of nitrogens with zero attached hydrogens (tertiary/aromatic N) is 3. The Morgan fingerprint density at radius 3 is 2.83 bits per heavy atom. The molecule has 1 aliphatic carbocycles. The first-order valence-electron chi connectivity index (χ1n) is 8.66. The first-order chi connectivity index (χ1) is 11.8. The number of thioether (sulfide) groups is 1. The van der Waals surface area contributed by atoms with Crippen molar-refractivity contribution in [2.24, 2.45) is 0 Å². The molecule has 0 N–H and O–H groups in total. The molecule has 2 aliphatic rings. The van der Waals surface area contributed by atoms with Crippen LogP contribution in [0.5, 0.6) is 11.5 Å². The van der Waals surface area contributed by atoms with E-state index in [-0.39, 0.29) is 0 Å². The molecular weight excluding hydrogens is 322 g/mol. The van der Waals surface area contributed by atoms with E-state index in [1.807, 2.05) is 6.07 Å². The van der Waals surface area contributed by atoms with Gasteiger partial charge in [-0.2, -0.15) is 0 Å². The Labute approximate surface area is 146 Å². The van der Waals surface area contributed by atoms with Gasteiger partial charge in [-0.3, -0.25) is 0 Å². The zero-order valence-corrected chi connectivity index (χ0v) is 15.0. The first kappa shape index (κ1) is 15.8. The van der Waals surface area contributed by atoms with Crippen LogP contribution in [0.25, 0.3) is 0 Å². The zero-order valence-electron chi connectivity index (χ0n) is 14.2. The number of hydrogen-bond acceptors (Lipinski definition) is 5. The molecule has 2 unspecified atom stereocenters. The summed E-state index contributed by atoms with van der Waals surface area (Å²) in [5.41, 5.74) is 1.36. The molecule has 2 aromatic rings. The third-order valence-corrected chi connectivity index (χ3v) is 5.82. The number of benzene rings is 1. The molecule has 6 heteroatoms. The van der Waals surface area contributed by atoms with Gasteiger partial charge < -0.3 is 14.0 Å². The summed E-state index contributed by atoms with van der Waals surface area (Å²) in [6.07, 6.45) is 6.86. The van der Waals surface area contributed by atoms with E-state index < -0.39 is 0 Å². The van der Waals surface area contributed by atoms with Gasteiger partial charge in [0.15, 0.2) is 16.7 Å². The molecule has 1 aromatic carbocycles. The molecule has 2 atom stereocenters. The second kappa shape index (κ2) is 6.67. The van der Waals surface area contributed by atoms with Crippen molar-refractivity contribution in [1.29, 1.82) is 0 Å². The van der Waals surface area contributed by atoms with Crippen molar-refractivity contribution in [3.63, 3.8) is 0 Å². The van der Waals surface area contributed by atoms with Crippen molar-refractivity contribution in [2.45, 2.75) is 56.1 Å². The van der Waals surface area contributed by atoms with Crippen molar-refractivity contribution >= 4 is 11.8 Å². The van der Waals surface area contributed by atoms with Gasteiger partial charge in [0.25, 0.3) is 0 Å². The second-order valence-electron chi connectivity index (χ2n) is 6.46. The second-order valence-corrected chi connectivity index (χ2v) is 7.24. The van der Waals surface area contributed by atoms with E-state index in [0.29, 0.717) is 18.6 Å². The van der Waals surface area contributed by atoms with Crippen LogP contribution in [0, 0.1) is 0 Å².